The number of piperidine rings is 7. The van der Waals surface area contributed by atoms with E-state index in [1.54, 1.807) is 9.80 Å². The predicted molar refractivity (Wildman–Crippen MR) is 297 cm³/mol. The molecule has 10 rings (SSSR count). The van der Waals surface area contributed by atoms with Gasteiger partial charge in [0.15, 0.2) is 0 Å². The molecule has 0 bridgehead atoms. The number of hydrogen-bond donors (Lipinski definition) is 3. The zero-order valence-corrected chi connectivity index (χ0v) is 46.8. The zero-order chi connectivity index (χ0) is 57.8. The van der Waals surface area contributed by atoms with Crippen LogP contribution in [-0.2, 0) is 47.9 Å². The van der Waals surface area contributed by atoms with Gasteiger partial charge in [-0.2, -0.15) is 0 Å². The Morgan fingerprint density at radius 1 is 0.439 bits per heavy atom. The summed E-state index contributed by atoms with van der Waals surface area (Å²) >= 11 is 0. The Morgan fingerprint density at radius 2 is 0.756 bits per heavy atom. The fourth-order valence-corrected chi connectivity index (χ4v) is 14.4. The molecule has 7 fully saturated rings. The number of carboxylic acids is 2. The van der Waals surface area contributed by atoms with Crippen LogP contribution < -0.4 is 5.73 Å². The standard InChI is InChI=1S/C61H78N8O13/c62-52(70)51-36-38(35-49(59(77)78)60(79)80)9-34-69(51)58(76)44-18-30-67(31-19-44)56(74)42-14-26-65(27-15-42)54(72)40-10-22-63(23-11-40)53(71)39-12-24-64(25-13-39)55(73)41-16-28-66(29-17-41)57(75)43-20-32-68(33-21-43)61(81)82-37-50-47-7-3-1-5-45(47)46-6-2-4-8-48(46)50/h1-8,35,38-44,50-51H,9-34,36-37H2,(H2,62,70)(H,77,78)(H,79,80). The third-order valence-electron chi connectivity index (χ3n) is 19.3. The quantitative estimate of drug-likeness (QED) is 0.154. The summed E-state index contributed by atoms with van der Waals surface area (Å²) in [5.74, 6) is -5.82. The highest BCUT2D eigenvalue weighted by molar-refractivity contribution is 6.12. The number of hydrogen-bond acceptors (Lipinski definition) is 11. The maximum absolute atomic E-state index is 13.8. The minimum absolute atomic E-state index is 0.00438. The van der Waals surface area contributed by atoms with Gasteiger partial charge in [-0.3, -0.25) is 33.6 Å². The van der Waals surface area contributed by atoms with Crippen LogP contribution >= 0.6 is 0 Å². The molecule has 8 amide bonds. The maximum Gasteiger partial charge on any atom is 0.409 e. The first kappa shape index (κ1) is 57.9. The van der Waals surface area contributed by atoms with Crippen molar-refractivity contribution in [3.63, 3.8) is 0 Å². The van der Waals surface area contributed by atoms with Gasteiger partial charge in [0.1, 0.15) is 18.2 Å². The van der Waals surface area contributed by atoms with Gasteiger partial charge in [0.05, 0.1) is 0 Å². The van der Waals surface area contributed by atoms with E-state index in [1.165, 1.54) is 16.0 Å². The van der Waals surface area contributed by atoms with Crippen molar-refractivity contribution in [2.45, 2.75) is 102 Å². The van der Waals surface area contributed by atoms with Crippen molar-refractivity contribution in [1.29, 1.82) is 0 Å². The van der Waals surface area contributed by atoms with E-state index in [-0.39, 0.29) is 103 Å². The minimum Gasteiger partial charge on any atom is -0.477 e. The average molecular weight is 1130 g/mol. The molecule has 0 spiro atoms. The first-order valence-corrected chi connectivity index (χ1v) is 29.9. The lowest BCUT2D eigenvalue weighted by Gasteiger charge is -2.42. The molecule has 0 saturated carbocycles. The summed E-state index contributed by atoms with van der Waals surface area (Å²) < 4.78 is 5.89. The van der Waals surface area contributed by atoms with Crippen molar-refractivity contribution in [2.24, 2.45) is 47.2 Å². The number of nitrogens with zero attached hydrogens (tertiary/aromatic N) is 7. The van der Waals surface area contributed by atoms with Crippen LogP contribution in [0.4, 0.5) is 4.79 Å². The van der Waals surface area contributed by atoms with Gasteiger partial charge in [-0.05, 0) is 118 Å². The number of rotatable bonds is 12. The molecule has 7 saturated heterocycles. The number of carbonyl (C=O) groups excluding carboxylic acids is 8. The third kappa shape index (κ3) is 12.5. The molecule has 0 radical (unpaired) electrons. The van der Waals surface area contributed by atoms with Gasteiger partial charge in [0, 0.05) is 127 Å². The lowest BCUT2D eigenvalue weighted by molar-refractivity contribution is -0.149. The van der Waals surface area contributed by atoms with Gasteiger partial charge in [0.2, 0.25) is 41.4 Å². The number of carbonyl (C=O) groups is 10. The monoisotopic (exact) mass is 1130 g/mol. The second-order valence-electron chi connectivity index (χ2n) is 24.0. The summed E-state index contributed by atoms with van der Waals surface area (Å²) in [4.78, 5) is 143. The fraction of sp³-hybridized carbons (Fsp3) is 0.607. The summed E-state index contributed by atoms with van der Waals surface area (Å²) in [6.45, 7) is 6.02. The van der Waals surface area contributed by atoms with Crippen LogP contribution in [0.3, 0.4) is 0 Å². The molecule has 1 aliphatic carbocycles. The number of carboxylic acid groups (broad SMARTS) is 2. The SMILES string of the molecule is NC(=O)C1CC(C=C(C(=O)O)C(=O)O)CCN1C(=O)C1CCN(C(=O)C2CCN(C(=O)C3CCN(C(=O)C4CCN(C(=O)C5CCN(C(=O)C6CCN(C(=O)OCC7c8ccccc8-c8ccccc87)CC6)CC5)CC4)CC3)CC2)CC1. The molecule has 2 aromatic rings. The van der Waals surface area contributed by atoms with Gasteiger partial charge in [-0.25, -0.2) is 14.4 Å². The van der Waals surface area contributed by atoms with Crippen LogP contribution in [0.15, 0.2) is 60.2 Å². The van der Waals surface area contributed by atoms with E-state index in [9.17, 15) is 58.2 Å². The van der Waals surface area contributed by atoms with Crippen molar-refractivity contribution in [2.75, 3.05) is 91.7 Å². The van der Waals surface area contributed by atoms with Crippen molar-refractivity contribution in [3.05, 3.63) is 71.3 Å². The van der Waals surface area contributed by atoms with E-state index in [1.807, 2.05) is 43.9 Å². The van der Waals surface area contributed by atoms with E-state index in [0.717, 1.165) is 17.2 Å². The third-order valence-corrected chi connectivity index (χ3v) is 19.3. The predicted octanol–water partition coefficient (Wildman–Crippen LogP) is 4.03. The van der Waals surface area contributed by atoms with Gasteiger partial charge in [-0.15, -0.1) is 0 Å². The Balaban J connectivity index is 0.585. The second kappa shape index (κ2) is 25.4. The van der Waals surface area contributed by atoms with Gasteiger partial charge in [-0.1, -0.05) is 54.6 Å². The van der Waals surface area contributed by atoms with Gasteiger partial charge >= 0.3 is 18.0 Å². The van der Waals surface area contributed by atoms with E-state index in [0.29, 0.717) is 156 Å². The van der Waals surface area contributed by atoms with E-state index < -0.39 is 41.3 Å². The van der Waals surface area contributed by atoms with Crippen LogP contribution in [0.25, 0.3) is 11.1 Å². The highest BCUT2D eigenvalue weighted by Gasteiger charge is 2.43. The lowest BCUT2D eigenvalue weighted by atomic mass is 9.86. The van der Waals surface area contributed by atoms with E-state index in [2.05, 4.69) is 24.3 Å². The summed E-state index contributed by atoms with van der Waals surface area (Å²) in [5, 5.41) is 18.5. The molecule has 2 unspecified atom stereocenters. The number of amides is 8. The van der Waals surface area contributed by atoms with Gasteiger partial charge < -0.3 is 55.0 Å². The number of likely N-dealkylation sites (tertiary alicyclic amines) is 7. The summed E-state index contributed by atoms with van der Waals surface area (Å²) in [6, 6.07) is 15.5. The smallest absolute Gasteiger partial charge is 0.409 e. The normalized spacial score (nSPS) is 23.0. The van der Waals surface area contributed by atoms with Crippen LogP contribution in [0.5, 0.6) is 0 Å². The molecule has 82 heavy (non-hydrogen) atoms. The van der Waals surface area contributed by atoms with Crippen LogP contribution in [0.1, 0.15) is 107 Å². The Kier molecular flexibility index (Phi) is 18.0. The van der Waals surface area contributed by atoms with Crippen molar-refractivity contribution >= 4 is 59.4 Å². The molecule has 0 aromatic heterocycles. The topological polar surface area (TPSA) is 269 Å². The molecular formula is C61H78N8O13. The Labute approximate surface area is 478 Å². The number of allylic oxidation sites excluding steroid dienone is 1. The average Bonchev–Trinajstić information content (AvgIpc) is 3.86. The molecular weight excluding hydrogens is 1050 g/mol. The highest BCUT2D eigenvalue weighted by Crippen LogP contribution is 2.45. The second-order valence-corrected chi connectivity index (χ2v) is 24.0. The van der Waals surface area contributed by atoms with Crippen molar-refractivity contribution < 1.29 is 62.9 Å². The maximum atomic E-state index is 13.8. The molecule has 440 valence electrons. The molecule has 8 aliphatic rings. The summed E-state index contributed by atoms with van der Waals surface area (Å²) in [7, 11) is 0. The Morgan fingerprint density at radius 3 is 1.09 bits per heavy atom. The zero-order valence-electron chi connectivity index (χ0n) is 46.8. The highest BCUT2D eigenvalue weighted by atomic mass is 16.6. The van der Waals surface area contributed by atoms with Crippen molar-refractivity contribution in [3.8, 4) is 11.1 Å². The lowest BCUT2D eigenvalue weighted by Crippen LogP contribution is -2.55. The molecule has 7 heterocycles. The van der Waals surface area contributed by atoms with E-state index >= 15 is 0 Å². The molecule has 2 atom stereocenters. The molecule has 4 N–H and O–H groups in total. The summed E-state index contributed by atoms with van der Waals surface area (Å²) in [5.41, 5.74) is 9.56. The van der Waals surface area contributed by atoms with Crippen molar-refractivity contribution in [1.82, 2.24) is 34.3 Å². The fourth-order valence-electron chi connectivity index (χ4n) is 14.4. The first-order valence-electron chi connectivity index (χ1n) is 29.9. The van der Waals surface area contributed by atoms with Gasteiger partial charge in [0.25, 0.3) is 0 Å². The van der Waals surface area contributed by atoms with Crippen LogP contribution in [0, 0.1) is 41.4 Å². The number of fused-ring (bicyclic) bond motifs is 3. The number of primary amides is 1. The number of aliphatic carboxylic acids is 2. The molecule has 21 heteroatoms. The Hall–Kier alpha value is -7.32. The molecule has 7 aliphatic heterocycles. The van der Waals surface area contributed by atoms with Crippen LogP contribution in [-0.4, -0.2) is 202 Å². The minimum atomic E-state index is -1.59. The number of ether oxygens (including phenoxy) is 1. The molecule has 21 nitrogen and oxygen atoms in total. The Bertz CT molecular complexity index is 2750. The molecule has 2 aromatic carbocycles. The largest absolute Gasteiger partial charge is 0.477 e. The first-order chi connectivity index (χ1) is 39.5. The van der Waals surface area contributed by atoms with Crippen LogP contribution in [0.2, 0.25) is 0 Å². The number of benzene rings is 2. The number of nitrogens with two attached hydrogens (primary N) is 1. The summed E-state index contributed by atoms with van der Waals surface area (Å²) in [6.07, 6.45) is 7.61. The van der Waals surface area contributed by atoms with E-state index in [4.69, 9.17) is 10.5 Å².